The Kier molecular flexibility index (Phi) is 2.20. The van der Waals surface area contributed by atoms with Crippen molar-refractivity contribution in [2.24, 2.45) is 0 Å². The summed E-state index contributed by atoms with van der Waals surface area (Å²) in [6.45, 7) is 2.03. The fraction of sp³-hybridized carbons (Fsp3) is 0.429. The Morgan fingerprint density at radius 1 is 1.80 bits per heavy atom. The smallest absolute Gasteiger partial charge is 0.124 e. The number of carbonyl (C=O) groups excluding carboxylic acids is 1. The standard InChI is InChI=1S/C7H10N2O/c1-2-7-6(3-4-10)5-8-9-7/h4-5H,2-3H2,1H3,(H,8,9). The van der Waals surface area contributed by atoms with E-state index in [1.165, 1.54) is 0 Å². The fourth-order valence-corrected chi connectivity index (χ4v) is 0.910. The van der Waals surface area contributed by atoms with Crippen molar-refractivity contribution < 1.29 is 4.79 Å². The number of aromatic nitrogens is 2. The molecular formula is C7H10N2O. The van der Waals surface area contributed by atoms with Crippen LogP contribution in [-0.2, 0) is 17.6 Å². The molecule has 0 radical (unpaired) electrons. The number of nitrogens with one attached hydrogen (secondary N) is 1. The van der Waals surface area contributed by atoms with E-state index in [9.17, 15) is 4.79 Å². The Balaban J connectivity index is 2.79. The molecule has 1 heterocycles. The molecule has 10 heavy (non-hydrogen) atoms. The van der Waals surface area contributed by atoms with E-state index in [4.69, 9.17) is 0 Å². The minimum absolute atomic E-state index is 0.472. The van der Waals surface area contributed by atoms with Gasteiger partial charge in [0.15, 0.2) is 0 Å². The predicted octanol–water partition coefficient (Wildman–Crippen LogP) is 0.714. The molecule has 0 amide bonds. The third-order valence-electron chi connectivity index (χ3n) is 1.46. The third kappa shape index (κ3) is 1.23. The zero-order valence-electron chi connectivity index (χ0n) is 5.92. The van der Waals surface area contributed by atoms with Gasteiger partial charge in [0.25, 0.3) is 0 Å². The maximum atomic E-state index is 10.1. The first-order valence-corrected chi connectivity index (χ1v) is 3.33. The van der Waals surface area contributed by atoms with Crippen LogP contribution in [0.2, 0.25) is 0 Å². The van der Waals surface area contributed by atoms with Gasteiger partial charge in [0.2, 0.25) is 0 Å². The van der Waals surface area contributed by atoms with Gasteiger partial charge in [0.1, 0.15) is 6.29 Å². The zero-order valence-corrected chi connectivity index (χ0v) is 5.92. The summed E-state index contributed by atoms with van der Waals surface area (Å²) in [5, 5.41) is 6.66. The van der Waals surface area contributed by atoms with Crippen molar-refractivity contribution in [1.29, 1.82) is 0 Å². The Labute approximate surface area is 59.4 Å². The van der Waals surface area contributed by atoms with Crippen LogP contribution in [0.25, 0.3) is 0 Å². The van der Waals surface area contributed by atoms with Gasteiger partial charge in [-0.2, -0.15) is 5.10 Å². The molecule has 0 aliphatic carbocycles. The molecule has 0 aliphatic rings. The van der Waals surface area contributed by atoms with Gasteiger partial charge in [-0.05, 0) is 6.42 Å². The number of aryl methyl sites for hydroxylation is 1. The number of H-pyrrole nitrogens is 1. The second-order valence-electron chi connectivity index (χ2n) is 2.10. The molecule has 0 aromatic carbocycles. The maximum absolute atomic E-state index is 10.1. The van der Waals surface area contributed by atoms with Gasteiger partial charge in [-0.15, -0.1) is 0 Å². The molecule has 0 atom stereocenters. The number of rotatable bonds is 3. The molecule has 0 unspecified atom stereocenters. The Morgan fingerprint density at radius 2 is 2.60 bits per heavy atom. The van der Waals surface area contributed by atoms with E-state index in [1.807, 2.05) is 6.92 Å². The molecule has 54 valence electrons. The van der Waals surface area contributed by atoms with Crippen LogP contribution in [0.3, 0.4) is 0 Å². The molecule has 0 fully saturated rings. The van der Waals surface area contributed by atoms with Crippen LogP contribution in [0.15, 0.2) is 6.20 Å². The normalized spacial score (nSPS) is 9.70. The van der Waals surface area contributed by atoms with Crippen molar-refractivity contribution in [1.82, 2.24) is 10.2 Å². The average Bonchev–Trinajstić information content (AvgIpc) is 2.36. The molecule has 1 N–H and O–H groups in total. The Bertz CT molecular complexity index is 217. The maximum Gasteiger partial charge on any atom is 0.124 e. The molecule has 1 aromatic rings. The molecule has 0 aliphatic heterocycles. The summed E-state index contributed by atoms with van der Waals surface area (Å²) in [5.74, 6) is 0. The van der Waals surface area contributed by atoms with Gasteiger partial charge in [-0.25, -0.2) is 0 Å². The molecule has 1 rings (SSSR count). The summed E-state index contributed by atoms with van der Waals surface area (Å²) in [7, 11) is 0. The Hall–Kier alpha value is -1.12. The van der Waals surface area contributed by atoms with E-state index in [0.29, 0.717) is 6.42 Å². The van der Waals surface area contributed by atoms with Gasteiger partial charge in [0, 0.05) is 17.7 Å². The van der Waals surface area contributed by atoms with Gasteiger partial charge in [0.05, 0.1) is 6.20 Å². The van der Waals surface area contributed by atoms with Crippen molar-refractivity contribution in [2.75, 3.05) is 0 Å². The average molecular weight is 138 g/mol. The van der Waals surface area contributed by atoms with Crippen LogP contribution in [0.5, 0.6) is 0 Å². The number of aldehydes is 1. The lowest BCUT2D eigenvalue weighted by atomic mass is 10.2. The van der Waals surface area contributed by atoms with Crippen molar-refractivity contribution in [3.8, 4) is 0 Å². The van der Waals surface area contributed by atoms with Crippen molar-refractivity contribution in [3.63, 3.8) is 0 Å². The largest absolute Gasteiger partial charge is 0.303 e. The highest BCUT2D eigenvalue weighted by molar-refractivity contribution is 5.55. The van der Waals surface area contributed by atoms with Crippen LogP contribution in [-0.4, -0.2) is 16.5 Å². The van der Waals surface area contributed by atoms with E-state index >= 15 is 0 Å². The summed E-state index contributed by atoms with van der Waals surface area (Å²) in [5.41, 5.74) is 2.07. The summed E-state index contributed by atoms with van der Waals surface area (Å²) in [6.07, 6.45) is 3.97. The van der Waals surface area contributed by atoms with Crippen LogP contribution in [0.4, 0.5) is 0 Å². The summed E-state index contributed by atoms with van der Waals surface area (Å²) >= 11 is 0. The van der Waals surface area contributed by atoms with E-state index < -0.39 is 0 Å². The van der Waals surface area contributed by atoms with Crippen LogP contribution in [0, 0.1) is 0 Å². The van der Waals surface area contributed by atoms with E-state index in [0.717, 1.165) is 24.0 Å². The molecule has 0 bridgehead atoms. The topological polar surface area (TPSA) is 45.8 Å². The van der Waals surface area contributed by atoms with Gasteiger partial charge >= 0.3 is 0 Å². The molecule has 3 heteroatoms. The minimum atomic E-state index is 0.472. The molecule has 3 nitrogen and oxygen atoms in total. The first kappa shape index (κ1) is 6.99. The Morgan fingerprint density at radius 3 is 3.20 bits per heavy atom. The van der Waals surface area contributed by atoms with Crippen molar-refractivity contribution in [2.45, 2.75) is 19.8 Å². The zero-order chi connectivity index (χ0) is 7.40. The van der Waals surface area contributed by atoms with Gasteiger partial charge in [-0.3, -0.25) is 5.10 Å². The van der Waals surface area contributed by atoms with Gasteiger partial charge < -0.3 is 4.79 Å². The highest BCUT2D eigenvalue weighted by Gasteiger charge is 1.99. The number of aromatic amines is 1. The lowest BCUT2D eigenvalue weighted by Gasteiger charge is -1.91. The fourth-order valence-electron chi connectivity index (χ4n) is 0.910. The van der Waals surface area contributed by atoms with Crippen molar-refractivity contribution >= 4 is 6.29 Å². The first-order chi connectivity index (χ1) is 4.88. The molecule has 0 saturated heterocycles. The molecule has 1 aromatic heterocycles. The van der Waals surface area contributed by atoms with E-state index in [-0.39, 0.29) is 0 Å². The molecule has 0 saturated carbocycles. The quantitative estimate of drug-likeness (QED) is 0.625. The first-order valence-electron chi connectivity index (χ1n) is 3.33. The van der Waals surface area contributed by atoms with Crippen LogP contribution < -0.4 is 0 Å². The number of carbonyl (C=O) groups is 1. The highest BCUT2D eigenvalue weighted by atomic mass is 16.1. The van der Waals surface area contributed by atoms with Crippen LogP contribution in [0.1, 0.15) is 18.2 Å². The second kappa shape index (κ2) is 3.15. The van der Waals surface area contributed by atoms with Crippen LogP contribution >= 0.6 is 0 Å². The number of nitrogens with zero attached hydrogens (tertiary/aromatic N) is 1. The van der Waals surface area contributed by atoms with E-state index in [2.05, 4.69) is 10.2 Å². The van der Waals surface area contributed by atoms with Gasteiger partial charge in [-0.1, -0.05) is 6.92 Å². The molecule has 0 spiro atoms. The monoisotopic (exact) mass is 138 g/mol. The highest BCUT2D eigenvalue weighted by Crippen LogP contribution is 2.03. The second-order valence-corrected chi connectivity index (χ2v) is 2.10. The summed E-state index contributed by atoms with van der Waals surface area (Å²) in [4.78, 5) is 10.1. The summed E-state index contributed by atoms with van der Waals surface area (Å²) in [6, 6.07) is 0. The summed E-state index contributed by atoms with van der Waals surface area (Å²) < 4.78 is 0. The van der Waals surface area contributed by atoms with Crippen molar-refractivity contribution in [3.05, 3.63) is 17.5 Å². The predicted molar refractivity (Wildman–Crippen MR) is 37.7 cm³/mol. The lowest BCUT2D eigenvalue weighted by Crippen LogP contribution is -1.89. The minimum Gasteiger partial charge on any atom is -0.303 e. The number of hydrogen-bond donors (Lipinski definition) is 1. The number of hydrogen-bond acceptors (Lipinski definition) is 2. The van der Waals surface area contributed by atoms with E-state index in [1.54, 1.807) is 6.20 Å². The SMILES string of the molecule is CCc1[nH]ncc1CC=O. The molecular weight excluding hydrogens is 128 g/mol. The third-order valence-corrected chi connectivity index (χ3v) is 1.46. The lowest BCUT2D eigenvalue weighted by molar-refractivity contribution is -0.107.